The van der Waals surface area contributed by atoms with Gasteiger partial charge in [-0.15, -0.1) is 11.8 Å². The maximum absolute atomic E-state index is 6.30. The normalized spacial score (nSPS) is 14.3. The number of nitrogens with zero attached hydrogens (tertiary/aromatic N) is 2. The van der Waals surface area contributed by atoms with Gasteiger partial charge in [-0.25, -0.2) is 0 Å². The first-order valence-electron chi connectivity index (χ1n) is 6.58. The Morgan fingerprint density at radius 2 is 2.11 bits per heavy atom. The van der Waals surface area contributed by atoms with Crippen molar-refractivity contribution < 1.29 is 0 Å². The first-order chi connectivity index (χ1) is 9.11. The lowest BCUT2D eigenvalue weighted by Gasteiger charge is -2.22. The van der Waals surface area contributed by atoms with Gasteiger partial charge in [0.25, 0.3) is 0 Å². The van der Waals surface area contributed by atoms with Crippen molar-refractivity contribution in [3.05, 3.63) is 47.8 Å². The molecule has 2 aromatic rings. The fourth-order valence-electron chi connectivity index (χ4n) is 2.03. The van der Waals surface area contributed by atoms with Crippen LogP contribution in [0.25, 0.3) is 0 Å². The van der Waals surface area contributed by atoms with E-state index in [1.807, 2.05) is 29.7 Å². The van der Waals surface area contributed by atoms with Gasteiger partial charge in [0.15, 0.2) is 0 Å². The van der Waals surface area contributed by atoms with Gasteiger partial charge in [-0.05, 0) is 25.0 Å². The van der Waals surface area contributed by atoms with E-state index < -0.39 is 0 Å². The summed E-state index contributed by atoms with van der Waals surface area (Å²) in [7, 11) is 1.94. The fraction of sp³-hybridized carbons (Fsp3) is 0.400. The molecule has 2 rings (SSSR count). The Kier molecular flexibility index (Phi) is 4.66. The number of benzene rings is 1. The highest BCUT2D eigenvalue weighted by atomic mass is 32.2. The molecule has 2 N–H and O–H groups in total. The van der Waals surface area contributed by atoms with Gasteiger partial charge in [-0.3, -0.25) is 4.68 Å². The van der Waals surface area contributed by atoms with Gasteiger partial charge in [0.1, 0.15) is 0 Å². The van der Waals surface area contributed by atoms with Crippen molar-refractivity contribution in [1.29, 1.82) is 0 Å². The van der Waals surface area contributed by atoms with Crippen LogP contribution in [0.3, 0.4) is 0 Å². The molecular formula is C15H21N3S. The first-order valence-corrected chi connectivity index (χ1v) is 7.46. The molecule has 0 bridgehead atoms. The molecule has 2 atom stereocenters. The zero-order chi connectivity index (χ0) is 13.8. The van der Waals surface area contributed by atoms with Crippen LogP contribution in [0.4, 0.5) is 0 Å². The first kappa shape index (κ1) is 14.2. The summed E-state index contributed by atoms with van der Waals surface area (Å²) in [6, 6.07) is 8.57. The number of hydrogen-bond acceptors (Lipinski definition) is 3. The Hall–Kier alpha value is -1.26. The molecule has 2 unspecified atom stereocenters. The van der Waals surface area contributed by atoms with E-state index >= 15 is 0 Å². The molecule has 1 heterocycles. The van der Waals surface area contributed by atoms with Crippen LogP contribution in [0, 0.1) is 6.92 Å². The largest absolute Gasteiger partial charge is 0.326 e. The molecule has 1 aromatic heterocycles. The molecule has 0 fully saturated rings. The predicted octanol–water partition coefficient (Wildman–Crippen LogP) is 3.30. The average molecular weight is 275 g/mol. The molecule has 0 aliphatic heterocycles. The van der Waals surface area contributed by atoms with Crippen molar-refractivity contribution in [3.63, 3.8) is 0 Å². The Morgan fingerprint density at radius 3 is 2.68 bits per heavy atom. The highest BCUT2D eigenvalue weighted by molar-refractivity contribution is 7.99. The smallest absolute Gasteiger partial charge is 0.0533 e. The topological polar surface area (TPSA) is 43.8 Å². The molecular weight excluding hydrogens is 254 g/mol. The lowest BCUT2D eigenvalue weighted by atomic mass is 10.1. The van der Waals surface area contributed by atoms with E-state index in [1.165, 1.54) is 16.0 Å². The quantitative estimate of drug-likeness (QED) is 0.851. The summed E-state index contributed by atoms with van der Waals surface area (Å²) in [6.45, 7) is 4.27. The minimum Gasteiger partial charge on any atom is -0.326 e. The van der Waals surface area contributed by atoms with Gasteiger partial charge in [0.05, 0.1) is 11.4 Å². The van der Waals surface area contributed by atoms with Crippen LogP contribution in [0.2, 0.25) is 0 Å². The molecule has 0 saturated carbocycles. The molecule has 0 saturated heterocycles. The van der Waals surface area contributed by atoms with Gasteiger partial charge in [-0.2, -0.15) is 5.10 Å². The average Bonchev–Trinajstić information content (AvgIpc) is 2.83. The molecule has 3 nitrogen and oxygen atoms in total. The standard InChI is InChI=1S/C15H21N3S/c1-4-13(16)15(12-9-17-18(3)10-12)19-14-8-6-5-7-11(14)2/h5-10,13,15H,4,16H2,1-3H3. The van der Waals surface area contributed by atoms with Crippen LogP contribution in [-0.4, -0.2) is 15.8 Å². The van der Waals surface area contributed by atoms with Crippen LogP contribution in [0.15, 0.2) is 41.6 Å². The third-order valence-corrected chi connectivity index (χ3v) is 4.85. The predicted molar refractivity (Wildman–Crippen MR) is 81.3 cm³/mol. The highest BCUT2D eigenvalue weighted by Crippen LogP contribution is 2.39. The third-order valence-electron chi connectivity index (χ3n) is 3.26. The van der Waals surface area contributed by atoms with E-state index in [0.29, 0.717) is 0 Å². The number of thioether (sulfide) groups is 1. The molecule has 0 aliphatic carbocycles. The molecule has 102 valence electrons. The lowest BCUT2D eigenvalue weighted by molar-refractivity contribution is 0.633. The highest BCUT2D eigenvalue weighted by Gasteiger charge is 2.21. The van der Waals surface area contributed by atoms with Crippen LogP contribution >= 0.6 is 11.8 Å². The number of hydrogen-bond donors (Lipinski definition) is 1. The Morgan fingerprint density at radius 1 is 1.37 bits per heavy atom. The van der Waals surface area contributed by atoms with Crippen molar-refractivity contribution in [2.45, 2.75) is 36.5 Å². The maximum Gasteiger partial charge on any atom is 0.0533 e. The molecule has 0 aliphatic rings. The zero-order valence-corrected chi connectivity index (χ0v) is 12.5. The summed E-state index contributed by atoms with van der Waals surface area (Å²) in [5.41, 5.74) is 8.79. The summed E-state index contributed by atoms with van der Waals surface area (Å²) in [5.74, 6) is 0. The Labute approximate surface area is 119 Å². The lowest BCUT2D eigenvalue weighted by Crippen LogP contribution is -2.25. The summed E-state index contributed by atoms with van der Waals surface area (Å²) < 4.78 is 1.84. The molecule has 19 heavy (non-hydrogen) atoms. The van der Waals surface area contributed by atoms with Crippen LogP contribution in [0.5, 0.6) is 0 Å². The summed E-state index contributed by atoms with van der Waals surface area (Å²) >= 11 is 1.84. The van der Waals surface area contributed by atoms with Crippen molar-refractivity contribution in [2.75, 3.05) is 0 Å². The second kappa shape index (κ2) is 6.26. The van der Waals surface area contributed by atoms with E-state index in [4.69, 9.17) is 5.73 Å². The van der Waals surface area contributed by atoms with E-state index in [1.54, 1.807) is 0 Å². The van der Waals surface area contributed by atoms with Gasteiger partial charge in [0, 0.05) is 29.7 Å². The second-order valence-electron chi connectivity index (χ2n) is 4.82. The molecule has 4 heteroatoms. The van der Waals surface area contributed by atoms with Crippen molar-refractivity contribution >= 4 is 11.8 Å². The van der Waals surface area contributed by atoms with Crippen LogP contribution < -0.4 is 5.73 Å². The van der Waals surface area contributed by atoms with E-state index in [2.05, 4.69) is 49.4 Å². The number of rotatable bonds is 5. The molecule has 0 spiro atoms. The summed E-state index contributed by atoms with van der Waals surface area (Å²) in [4.78, 5) is 1.29. The molecule has 0 radical (unpaired) electrons. The number of nitrogens with two attached hydrogens (primary N) is 1. The SMILES string of the molecule is CCC(N)C(Sc1ccccc1C)c1cnn(C)c1. The monoisotopic (exact) mass is 275 g/mol. The van der Waals surface area contributed by atoms with Crippen molar-refractivity contribution in [2.24, 2.45) is 12.8 Å². The van der Waals surface area contributed by atoms with E-state index in [0.717, 1.165) is 6.42 Å². The second-order valence-corrected chi connectivity index (χ2v) is 6.01. The summed E-state index contributed by atoms with van der Waals surface area (Å²) in [6.07, 6.45) is 4.94. The van der Waals surface area contributed by atoms with Gasteiger partial charge < -0.3 is 5.73 Å². The molecule has 0 amide bonds. The van der Waals surface area contributed by atoms with Crippen molar-refractivity contribution in [1.82, 2.24) is 9.78 Å². The number of aryl methyl sites for hydroxylation is 2. The minimum atomic E-state index is 0.133. The van der Waals surface area contributed by atoms with Gasteiger partial charge in [-0.1, -0.05) is 25.1 Å². The van der Waals surface area contributed by atoms with Crippen molar-refractivity contribution in [3.8, 4) is 0 Å². The summed E-state index contributed by atoms with van der Waals surface area (Å²) in [5, 5.41) is 4.52. The fourth-order valence-corrected chi connectivity index (χ4v) is 3.34. The third kappa shape index (κ3) is 3.39. The van der Waals surface area contributed by atoms with Crippen LogP contribution in [-0.2, 0) is 7.05 Å². The number of aromatic nitrogens is 2. The minimum absolute atomic E-state index is 0.133. The zero-order valence-electron chi connectivity index (χ0n) is 11.7. The van der Waals surface area contributed by atoms with E-state index in [9.17, 15) is 0 Å². The van der Waals surface area contributed by atoms with Gasteiger partial charge >= 0.3 is 0 Å². The Bertz CT molecular complexity index is 536. The van der Waals surface area contributed by atoms with E-state index in [-0.39, 0.29) is 11.3 Å². The van der Waals surface area contributed by atoms with Gasteiger partial charge in [0.2, 0.25) is 0 Å². The molecule has 1 aromatic carbocycles. The van der Waals surface area contributed by atoms with Crippen LogP contribution in [0.1, 0.15) is 29.7 Å². The Balaban J connectivity index is 2.27. The maximum atomic E-state index is 6.30.